The molecule has 2 heterocycles. The fraction of sp³-hybridized carbons (Fsp3) is 0.0833. The number of rotatable bonds is 1. The number of H-pyrrole nitrogens is 1. The van der Waals surface area contributed by atoms with Gasteiger partial charge in [0.05, 0.1) is 16.1 Å². The van der Waals surface area contributed by atoms with E-state index < -0.39 is 0 Å². The fourth-order valence-electron chi connectivity index (χ4n) is 1.92. The Morgan fingerprint density at radius 1 is 1.25 bits per heavy atom. The molecule has 80 valence electrons. The molecule has 3 rings (SSSR count). The lowest BCUT2D eigenvalue weighted by molar-refractivity contribution is 1.39. The Morgan fingerprint density at radius 2 is 2.12 bits per heavy atom. The summed E-state index contributed by atoms with van der Waals surface area (Å²) in [5.74, 6) is 0.871. The van der Waals surface area contributed by atoms with Gasteiger partial charge in [-0.05, 0) is 24.3 Å². The molecule has 0 unspecified atom stereocenters. The van der Waals surface area contributed by atoms with Crippen LogP contribution in [0.1, 0.15) is 0 Å². The van der Waals surface area contributed by atoms with Crippen molar-refractivity contribution < 1.29 is 0 Å². The smallest absolute Gasteiger partial charge is 0.127 e. The van der Waals surface area contributed by atoms with Crippen LogP contribution in [0.4, 0.5) is 5.82 Å². The zero-order chi connectivity index (χ0) is 11.1. The summed E-state index contributed by atoms with van der Waals surface area (Å²) in [5, 5.41) is 5.90. The number of anilines is 1. The quantitative estimate of drug-likeness (QED) is 0.674. The minimum absolute atomic E-state index is 0.753. The lowest BCUT2D eigenvalue weighted by Crippen LogP contribution is -1.85. The van der Waals surface area contributed by atoms with Crippen LogP contribution < -0.4 is 5.32 Å². The number of benzene rings is 1. The SMILES string of the molecule is CNc1cc2c(ccc3c(Cl)cc[nH]c32)n1. The molecule has 3 aromatic rings. The number of aromatic amines is 1. The number of nitrogens with zero attached hydrogens (tertiary/aromatic N) is 1. The van der Waals surface area contributed by atoms with Crippen LogP contribution in [-0.2, 0) is 0 Å². The van der Waals surface area contributed by atoms with Crippen LogP contribution in [0.2, 0.25) is 5.02 Å². The van der Waals surface area contributed by atoms with E-state index in [9.17, 15) is 0 Å². The summed E-state index contributed by atoms with van der Waals surface area (Å²) in [4.78, 5) is 7.66. The zero-order valence-electron chi connectivity index (χ0n) is 8.71. The summed E-state index contributed by atoms with van der Waals surface area (Å²) >= 11 is 6.14. The highest BCUT2D eigenvalue weighted by molar-refractivity contribution is 6.36. The van der Waals surface area contributed by atoms with Gasteiger partial charge in [-0.15, -0.1) is 0 Å². The van der Waals surface area contributed by atoms with Gasteiger partial charge in [0.1, 0.15) is 5.82 Å². The van der Waals surface area contributed by atoms with E-state index in [0.29, 0.717) is 0 Å². The van der Waals surface area contributed by atoms with Gasteiger partial charge in [-0.3, -0.25) is 0 Å². The van der Waals surface area contributed by atoms with Gasteiger partial charge in [0, 0.05) is 24.0 Å². The second kappa shape index (κ2) is 3.39. The van der Waals surface area contributed by atoms with Gasteiger partial charge >= 0.3 is 0 Å². The van der Waals surface area contributed by atoms with Crippen LogP contribution in [0.25, 0.3) is 21.8 Å². The zero-order valence-corrected chi connectivity index (χ0v) is 9.47. The molecule has 16 heavy (non-hydrogen) atoms. The number of halogens is 1. The van der Waals surface area contributed by atoms with Gasteiger partial charge < -0.3 is 10.3 Å². The second-order valence-corrected chi connectivity index (χ2v) is 4.05. The Hall–Kier alpha value is -1.74. The van der Waals surface area contributed by atoms with Crippen LogP contribution in [0.5, 0.6) is 0 Å². The van der Waals surface area contributed by atoms with Crippen molar-refractivity contribution in [3.05, 3.63) is 35.5 Å². The van der Waals surface area contributed by atoms with E-state index in [1.165, 1.54) is 0 Å². The van der Waals surface area contributed by atoms with Gasteiger partial charge in [-0.1, -0.05) is 11.6 Å². The molecule has 0 aliphatic carbocycles. The molecule has 0 fully saturated rings. The van der Waals surface area contributed by atoms with E-state index in [4.69, 9.17) is 11.6 Å². The van der Waals surface area contributed by atoms with Crippen molar-refractivity contribution in [2.45, 2.75) is 0 Å². The fourth-order valence-corrected chi connectivity index (χ4v) is 2.14. The topological polar surface area (TPSA) is 40.7 Å². The molecule has 0 saturated heterocycles. The molecule has 0 aliphatic rings. The summed E-state index contributed by atoms with van der Waals surface area (Å²) in [6.07, 6.45) is 1.84. The molecule has 0 aliphatic heterocycles. The highest BCUT2D eigenvalue weighted by Gasteiger charge is 2.07. The predicted molar refractivity (Wildman–Crippen MR) is 68.2 cm³/mol. The van der Waals surface area contributed by atoms with Gasteiger partial charge in [0.25, 0.3) is 0 Å². The first-order chi connectivity index (χ1) is 7.79. The molecule has 2 aromatic heterocycles. The van der Waals surface area contributed by atoms with E-state index in [1.54, 1.807) is 0 Å². The molecule has 2 N–H and O–H groups in total. The molecule has 0 bridgehead atoms. The minimum atomic E-state index is 0.753. The Morgan fingerprint density at radius 3 is 2.94 bits per heavy atom. The number of nitrogens with one attached hydrogen (secondary N) is 2. The maximum Gasteiger partial charge on any atom is 0.127 e. The third-order valence-electron chi connectivity index (χ3n) is 2.72. The maximum absolute atomic E-state index is 6.14. The first kappa shape index (κ1) is 9.48. The van der Waals surface area contributed by atoms with E-state index >= 15 is 0 Å². The van der Waals surface area contributed by atoms with Crippen molar-refractivity contribution in [1.29, 1.82) is 0 Å². The summed E-state index contributed by atoms with van der Waals surface area (Å²) in [7, 11) is 1.86. The van der Waals surface area contributed by atoms with Crippen molar-refractivity contribution in [1.82, 2.24) is 9.97 Å². The van der Waals surface area contributed by atoms with Crippen molar-refractivity contribution >= 4 is 39.2 Å². The lowest BCUT2D eigenvalue weighted by atomic mass is 10.1. The summed E-state index contributed by atoms with van der Waals surface area (Å²) in [5.41, 5.74) is 1.99. The summed E-state index contributed by atoms with van der Waals surface area (Å²) < 4.78 is 0. The summed E-state index contributed by atoms with van der Waals surface area (Å²) in [6, 6.07) is 7.84. The van der Waals surface area contributed by atoms with Crippen molar-refractivity contribution in [3.63, 3.8) is 0 Å². The number of hydrogen-bond donors (Lipinski definition) is 2. The van der Waals surface area contributed by atoms with Crippen molar-refractivity contribution in [2.75, 3.05) is 12.4 Å². The van der Waals surface area contributed by atoms with E-state index in [1.807, 2.05) is 37.5 Å². The number of fused-ring (bicyclic) bond motifs is 3. The van der Waals surface area contributed by atoms with Gasteiger partial charge in [-0.25, -0.2) is 4.98 Å². The predicted octanol–water partition coefficient (Wildman–Crippen LogP) is 3.41. The molecular formula is C12H10ClN3. The average Bonchev–Trinajstić information content (AvgIpc) is 2.72. The largest absolute Gasteiger partial charge is 0.373 e. The highest BCUT2D eigenvalue weighted by Crippen LogP contribution is 2.29. The number of pyridine rings is 1. The molecule has 0 radical (unpaired) electrons. The first-order valence-electron chi connectivity index (χ1n) is 5.03. The molecule has 0 spiro atoms. The Bertz CT molecular complexity index is 672. The first-order valence-corrected chi connectivity index (χ1v) is 5.41. The lowest BCUT2D eigenvalue weighted by Gasteiger charge is -2.01. The maximum atomic E-state index is 6.14. The molecular weight excluding hydrogens is 222 g/mol. The molecule has 3 nitrogen and oxygen atoms in total. The van der Waals surface area contributed by atoms with Gasteiger partial charge in [-0.2, -0.15) is 0 Å². The highest BCUT2D eigenvalue weighted by atomic mass is 35.5. The molecule has 0 amide bonds. The Kier molecular flexibility index (Phi) is 2.01. The molecule has 0 saturated carbocycles. The molecule has 0 atom stereocenters. The van der Waals surface area contributed by atoms with Crippen molar-refractivity contribution in [3.8, 4) is 0 Å². The minimum Gasteiger partial charge on any atom is -0.373 e. The van der Waals surface area contributed by atoms with Crippen molar-refractivity contribution in [2.24, 2.45) is 0 Å². The van der Waals surface area contributed by atoms with Crippen LogP contribution >= 0.6 is 11.6 Å². The third-order valence-corrected chi connectivity index (χ3v) is 3.04. The van der Waals surface area contributed by atoms with E-state index in [0.717, 1.165) is 32.6 Å². The molecule has 1 aromatic carbocycles. The average molecular weight is 232 g/mol. The van der Waals surface area contributed by atoms with Crippen LogP contribution in [0, 0.1) is 0 Å². The van der Waals surface area contributed by atoms with Crippen LogP contribution in [0.3, 0.4) is 0 Å². The number of hydrogen-bond acceptors (Lipinski definition) is 2. The van der Waals surface area contributed by atoms with Gasteiger partial charge in [0.2, 0.25) is 0 Å². The summed E-state index contributed by atoms with van der Waals surface area (Å²) in [6.45, 7) is 0. The Balaban J connectivity index is 2.48. The van der Waals surface area contributed by atoms with Crippen LogP contribution in [0.15, 0.2) is 30.5 Å². The second-order valence-electron chi connectivity index (χ2n) is 3.64. The molecule has 4 heteroatoms. The standard InChI is InChI=1S/C12H10ClN3/c1-14-11-6-8-10(16-11)3-2-7-9(13)4-5-15-12(7)8/h2-6,14-15H,1H3. The van der Waals surface area contributed by atoms with E-state index in [2.05, 4.69) is 15.3 Å². The van der Waals surface area contributed by atoms with Gasteiger partial charge in [0.15, 0.2) is 0 Å². The Labute approximate surface area is 97.4 Å². The normalized spacial score (nSPS) is 11.1. The monoisotopic (exact) mass is 231 g/mol. The van der Waals surface area contributed by atoms with E-state index in [-0.39, 0.29) is 0 Å². The number of aromatic nitrogens is 2. The third kappa shape index (κ3) is 1.25. The van der Waals surface area contributed by atoms with Crippen LogP contribution in [-0.4, -0.2) is 17.0 Å².